The Bertz CT molecular complexity index is 882. The van der Waals surface area contributed by atoms with Crippen LogP contribution in [0.15, 0.2) is 47.4 Å². The molecule has 0 bridgehead atoms. The fraction of sp³-hybridized carbons (Fsp3) is 0.211. The van der Waals surface area contributed by atoms with Gasteiger partial charge in [0.25, 0.3) is 5.91 Å². The van der Waals surface area contributed by atoms with Crippen LogP contribution in [0, 0.1) is 13.8 Å². The molecule has 3 amide bonds. The molecule has 1 atom stereocenters. The zero-order valence-electron chi connectivity index (χ0n) is 14.5. The molecule has 2 aromatic carbocycles. The zero-order chi connectivity index (χ0) is 18.7. The van der Waals surface area contributed by atoms with Crippen molar-refractivity contribution in [3.05, 3.63) is 59.2 Å². The molecule has 0 unspecified atom stereocenters. The van der Waals surface area contributed by atoms with Crippen LogP contribution in [0.25, 0.3) is 0 Å². The first kappa shape index (κ1) is 18.0. The molecule has 134 valence electrons. The molecule has 0 radical (unpaired) electrons. The van der Waals surface area contributed by atoms with Gasteiger partial charge in [0.1, 0.15) is 0 Å². The Hall–Kier alpha value is -2.80. The monoisotopic (exact) mass is 369 g/mol. The van der Waals surface area contributed by atoms with E-state index >= 15 is 0 Å². The first-order valence-electron chi connectivity index (χ1n) is 8.17. The second-order valence-corrected chi connectivity index (χ2v) is 7.36. The lowest BCUT2D eigenvalue weighted by atomic mass is 10.1. The standard InChI is InChI=1S/C19H19N3O3S/c1-11-7-8-13(12(2)9-11)18(24)22-21-17(23)10-16-19(25)20-14-5-3-4-6-15(14)26-16/h3-9,16H,10H2,1-2H3,(H,20,25)(H,21,23)(H,22,24)/t16-/m0/s1. The number of amides is 3. The van der Waals surface area contributed by atoms with Gasteiger partial charge >= 0.3 is 0 Å². The molecule has 1 heterocycles. The number of benzene rings is 2. The highest BCUT2D eigenvalue weighted by atomic mass is 32.2. The third-order valence-corrected chi connectivity index (χ3v) is 5.29. The van der Waals surface area contributed by atoms with Crippen molar-refractivity contribution in [3.63, 3.8) is 0 Å². The Balaban J connectivity index is 1.56. The minimum Gasteiger partial charge on any atom is -0.324 e. The van der Waals surface area contributed by atoms with Crippen LogP contribution >= 0.6 is 11.8 Å². The van der Waals surface area contributed by atoms with Gasteiger partial charge in [-0.05, 0) is 37.6 Å². The number of anilines is 1. The van der Waals surface area contributed by atoms with Crippen molar-refractivity contribution in [2.75, 3.05) is 5.32 Å². The van der Waals surface area contributed by atoms with Crippen LogP contribution in [0.4, 0.5) is 5.69 Å². The van der Waals surface area contributed by atoms with Crippen molar-refractivity contribution in [1.82, 2.24) is 10.9 Å². The number of aryl methyl sites for hydroxylation is 2. The normalized spacial score (nSPS) is 15.6. The average molecular weight is 369 g/mol. The van der Waals surface area contributed by atoms with E-state index in [4.69, 9.17) is 0 Å². The summed E-state index contributed by atoms with van der Waals surface area (Å²) in [5.74, 6) is -1.03. The van der Waals surface area contributed by atoms with E-state index in [1.807, 2.05) is 50.2 Å². The highest BCUT2D eigenvalue weighted by Crippen LogP contribution is 2.36. The number of hydrogen-bond acceptors (Lipinski definition) is 4. The maximum Gasteiger partial charge on any atom is 0.269 e. The minimum absolute atomic E-state index is 0.0298. The third-order valence-electron chi connectivity index (χ3n) is 4.02. The lowest BCUT2D eigenvalue weighted by Crippen LogP contribution is -2.44. The Morgan fingerprint density at radius 2 is 1.88 bits per heavy atom. The number of thioether (sulfide) groups is 1. The maximum absolute atomic E-state index is 12.2. The Morgan fingerprint density at radius 1 is 1.12 bits per heavy atom. The predicted molar refractivity (Wildman–Crippen MR) is 101 cm³/mol. The average Bonchev–Trinajstić information content (AvgIpc) is 2.60. The van der Waals surface area contributed by atoms with E-state index in [2.05, 4.69) is 16.2 Å². The largest absolute Gasteiger partial charge is 0.324 e. The summed E-state index contributed by atoms with van der Waals surface area (Å²) < 4.78 is 0. The summed E-state index contributed by atoms with van der Waals surface area (Å²) in [6, 6.07) is 12.9. The van der Waals surface area contributed by atoms with E-state index in [1.165, 1.54) is 11.8 Å². The Morgan fingerprint density at radius 3 is 2.65 bits per heavy atom. The van der Waals surface area contributed by atoms with Gasteiger partial charge in [0, 0.05) is 16.9 Å². The van der Waals surface area contributed by atoms with Crippen molar-refractivity contribution < 1.29 is 14.4 Å². The topological polar surface area (TPSA) is 87.3 Å². The molecule has 0 aliphatic carbocycles. The molecule has 0 spiro atoms. The van der Waals surface area contributed by atoms with Gasteiger partial charge in [-0.15, -0.1) is 11.8 Å². The summed E-state index contributed by atoms with van der Waals surface area (Å²) in [5, 5.41) is 2.25. The van der Waals surface area contributed by atoms with Gasteiger partial charge in [0.05, 0.1) is 10.9 Å². The highest BCUT2D eigenvalue weighted by molar-refractivity contribution is 8.01. The summed E-state index contributed by atoms with van der Waals surface area (Å²) >= 11 is 1.34. The summed E-state index contributed by atoms with van der Waals surface area (Å²) in [6.45, 7) is 3.78. The first-order valence-corrected chi connectivity index (χ1v) is 9.05. The summed E-state index contributed by atoms with van der Waals surface area (Å²) in [5.41, 5.74) is 7.92. The molecule has 3 N–H and O–H groups in total. The maximum atomic E-state index is 12.2. The van der Waals surface area contributed by atoms with Gasteiger partial charge in [-0.2, -0.15) is 0 Å². The number of fused-ring (bicyclic) bond motifs is 1. The number of carbonyl (C=O) groups excluding carboxylic acids is 3. The van der Waals surface area contributed by atoms with Gasteiger partial charge in [0.15, 0.2) is 0 Å². The smallest absolute Gasteiger partial charge is 0.269 e. The Kier molecular flexibility index (Phi) is 5.27. The van der Waals surface area contributed by atoms with Crippen LogP contribution in [0.2, 0.25) is 0 Å². The van der Waals surface area contributed by atoms with E-state index in [-0.39, 0.29) is 18.2 Å². The van der Waals surface area contributed by atoms with E-state index < -0.39 is 11.2 Å². The number of nitrogens with one attached hydrogen (secondary N) is 3. The van der Waals surface area contributed by atoms with Gasteiger partial charge < -0.3 is 5.32 Å². The van der Waals surface area contributed by atoms with Crippen molar-refractivity contribution in [2.45, 2.75) is 30.4 Å². The minimum atomic E-state index is -0.539. The van der Waals surface area contributed by atoms with Crippen LogP contribution in [0.5, 0.6) is 0 Å². The molecular weight excluding hydrogens is 350 g/mol. The predicted octanol–water partition coefficient (Wildman–Crippen LogP) is 2.57. The number of hydrogen-bond donors (Lipinski definition) is 3. The SMILES string of the molecule is Cc1ccc(C(=O)NNC(=O)C[C@@H]2Sc3ccccc3NC2=O)c(C)c1. The lowest BCUT2D eigenvalue weighted by Gasteiger charge is -2.23. The number of rotatable bonds is 3. The van der Waals surface area contributed by atoms with Crippen molar-refractivity contribution in [2.24, 2.45) is 0 Å². The summed E-state index contributed by atoms with van der Waals surface area (Å²) in [6.07, 6.45) is -0.0298. The molecular formula is C19H19N3O3S. The number of carbonyl (C=O) groups is 3. The third kappa shape index (κ3) is 4.05. The summed E-state index contributed by atoms with van der Waals surface area (Å²) in [4.78, 5) is 37.4. The van der Waals surface area contributed by atoms with E-state index in [9.17, 15) is 14.4 Å². The zero-order valence-corrected chi connectivity index (χ0v) is 15.3. The molecule has 0 aromatic heterocycles. The van der Waals surface area contributed by atoms with Crippen molar-refractivity contribution >= 4 is 35.2 Å². The van der Waals surface area contributed by atoms with E-state index in [0.717, 1.165) is 21.7 Å². The Labute approximate surface area is 155 Å². The van der Waals surface area contributed by atoms with Crippen molar-refractivity contribution in [3.8, 4) is 0 Å². The fourth-order valence-electron chi connectivity index (χ4n) is 2.71. The molecule has 3 rings (SSSR count). The second-order valence-electron chi connectivity index (χ2n) is 6.12. The first-order chi connectivity index (χ1) is 12.4. The molecule has 2 aromatic rings. The molecule has 1 aliphatic heterocycles. The quantitative estimate of drug-likeness (QED) is 0.726. The van der Waals surface area contributed by atoms with Gasteiger partial charge in [-0.1, -0.05) is 29.8 Å². The fourth-order valence-corrected chi connectivity index (χ4v) is 3.82. The van der Waals surface area contributed by atoms with Crippen LogP contribution in [-0.2, 0) is 9.59 Å². The molecule has 6 nitrogen and oxygen atoms in total. The van der Waals surface area contributed by atoms with E-state index in [0.29, 0.717) is 5.56 Å². The molecule has 1 aliphatic rings. The molecule has 0 fully saturated rings. The van der Waals surface area contributed by atoms with Gasteiger partial charge in [0.2, 0.25) is 11.8 Å². The molecule has 26 heavy (non-hydrogen) atoms. The number of para-hydroxylation sites is 1. The van der Waals surface area contributed by atoms with Gasteiger partial charge in [-0.3, -0.25) is 25.2 Å². The van der Waals surface area contributed by atoms with Crippen molar-refractivity contribution in [1.29, 1.82) is 0 Å². The van der Waals surface area contributed by atoms with Crippen LogP contribution in [0.1, 0.15) is 27.9 Å². The van der Waals surface area contributed by atoms with E-state index in [1.54, 1.807) is 6.07 Å². The lowest BCUT2D eigenvalue weighted by molar-refractivity contribution is -0.124. The van der Waals surface area contributed by atoms with Crippen LogP contribution in [-0.4, -0.2) is 23.0 Å². The van der Waals surface area contributed by atoms with Crippen LogP contribution < -0.4 is 16.2 Å². The molecule has 0 saturated carbocycles. The van der Waals surface area contributed by atoms with Gasteiger partial charge in [-0.25, -0.2) is 0 Å². The number of hydrazine groups is 1. The van der Waals surface area contributed by atoms with Crippen LogP contribution in [0.3, 0.4) is 0 Å². The second kappa shape index (κ2) is 7.61. The highest BCUT2D eigenvalue weighted by Gasteiger charge is 2.28. The molecule has 7 heteroatoms. The summed E-state index contributed by atoms with van der Waals surface area (Å²) in [7, 11) is 0. The molecule has 0 saturated heterocycles.